The number of hydrogen-bond donors (Lipinski definition) is 1. The fourth-order valence-electron chi connectivity index (χ4n) is 2.44. The van der Waals surface area contributed by atoms with Gasteiger partial charge in [0.2, 0.25) is 6.79 Å². The van der Waals surface area contributed by atoms with Crippen molar-refractivity contribution < 1.29 is 14.6 Å². The van der Waals surface area contributed by atoms with Gasteiger partial charge >= 0.3 is 0 Å². The summed E-state index contributed by atoms with van der Waals surface area (Å²) in [5.74, 6) is 4.02. The van der Waals surface area contributed by atoms with E-state index in [0.29, 0.717) is 12.8 Å². The van der Waals surface area contributed by atoms with Crippen molar-refractivity contribution >= 4 is 0 Å². The molecule has 3 nitrogen and oxygen atoms in total. The van der Waals surface area contributed by atoms with E-state index >= 15 is 0 Å². The van der Waals surface area contributed by atoms with E-state index in [1.165, 1.54) is 0 Å². The predicted octanol–water partition coefficient (Wildman–Crippen LogP) is 2.87. The van der Waals surface area contributed by atoms with Crippen molar-refractivity contribution in [2.45, 2.75) is 18.4 Å². The van der Waals surface area contributed by atoms with E-state index in [0.717, 1.165) is 22.6 Å². The van der Waals surface area contributed by atoms with Crippen molar-refractivity contribution in [3.63, 3.8) is 0 Å². The standard InChI is InChI=1S/C18H16O3/c1-2-18(19,15-6-4-3-5-7-15)11-10-14-8-9-16-17(12-14)21-13-20-16/h1,3-9,12,19H,10-11,13H2. The molecule has 21 heavy (non-hydrogen) atoms. The van der Waals surface area contributed by atoms with Gasteiger partial charge in [-0.05, 0) is 36.1 Å². The summed E-state index contributed by atoms with van der Waals surface area (Å²) >= 11 is 0. The second-order valence-electron chi connectivity index (χ2n) is 5.06. The van der Waals surface area contributed by atoms with Crippen LogP contribution < -0.4 is 9.47 Å². The van der Waals surface area contributed by atoms with Crippen molar-refractivity contribution in [1.82, 2.24) is 0 Å². The molecule has 0 fully saturated rings. The minimum atomic E-state index is -1.25. The van der Waals surface area contributed by atoms with Crippen molar-refractivity contribution in [2.75, 3.05) is 6.79 Å². The molecule has 0 amide bonds. The molecule has 1 unspecified atom stereocenters. The van der Waals surface area contributed by atoms with Crippen LogP contribution in [0, 0.1) is 12.3 Å². The number of aryl methyl sites for hydroxylation is 1. The van der Waals surface area contributed by atoms with Crippen LogP contribution in [-0.4, -0.2) is 11.9 Å². The van der Waals surface area contributed by atoms with Crippen LogP contribution in [0.1, 0.15) is 17.5 Å². The monoisotopic (exact) mass is 280 g/mol. The van der Waals surface area contributed by atoms with Crippen LogP contribution in [0.15, 0.2) is 48.5 Å². The quantitative estimate of drug-likeness (QED) is 0.875. The maximum Gasteiger partial charge on any atom is 0.231 e. The minimum absolute atomic E-state index is 0.261. The highest BCUT2D eigenvalue weighted by Crippen LogP contribution is 2.34. The number of benzene rings is 2. The fourth-order valence-corrected chi connectivity index (χ4v) is 2.44. The number of rotatable bonds is 4. The molecule has 1 aliphatic rings. The van der Waals surface area contributed by atoms with Gasteiger partial charge in [-0.15, -0.1) is 6.42 Å². The lowest BCUT2D eigenvalue weighted by Gasteiger charge is -2.22. The Morgan fingerprint density at radius 3 is 2.62 bits per heavy atom. The molecule has 1 aliphatic heterocycles. The third-order valence-electron chi connectivity index (χ3n) is 3.70. The summed E-state index contributed by atoms with van der Waals surface area (Å²) in [6.07, 6.45) is 6.66. The molecule has 2 aromatic rings. The van der Waals surface area contributed by atoms with Gasteiger partial charge in [-0.25, -0.2) is 0 Å². The van der Waals surface area contributed by atoms with Gasteiger partial charge in [0.05, 0.1) is 0 Å². The highest BCUT2D eigenvalue weighted by molar-refractivity contribution is 5.44. The Balaban J connectivity index is 1.75. The average Bonchev–Trinajstić information content (AvgIpc) is 3.01. The van der Waals surface area contributed by atoms with Crippen LogP contribution >= 0.6 is 0 Å². The lowest BCUT2D eigenvalue weighted by molar-refractivity contribution is 0.0907. The zero-order chi connectivity index (χ0) is 14.7. The summed E-state index contributed by atoms with van der Waals surface area (Å²) in [4.78, 5) is 0. The Morgan fingerprint density at radius 1 is 1.10 bits per heavy atom. The van der Waals surface area contributed by atoms with E-state index in [2.05, 4.69) is 5.92 Å². The van der Waals surface area contributed by atoms with E-state index in [-0.39, 0.29) is 6.79 Å². The maximum absolute atomic E-state index is 10.7. The predicted molar refractivity (Wildman–Crippen MR) is 80.1 cm³/mol. The second kappa shape index (κ2) is 5.51. The molecule has 1 atom stereocenters. The van der Waals surface area contributed by atoms with E-state index in [1.807, 2.05) is 48.5 Å². The molecule has 0 radical (unpaired) electrons. The highest BCUT2D eigenvalue weighted by atomic mass is 16.7. The van der Waals surface area contributed by atoms with Gasteiger partial charge in [-0.2, -0.15) is 0 Å². The van der Waals surface area contributed by atoms with Crippen molar-refractivity contribution in [2.24, 2.45) is 0 Å². The van der Waals surface area contributed by atoms with E-state index in [4.69, 9.17) is 15.9 Å². The summed E-state index contributed by atoms with van der Waals surface area (Å²) in [7, 11) is 0. The number of fused-ring (bicyclic) bond motifs is 1. The fraction of sp³-hybridized carbons (Fsp3) is 0.222. The van der Waals surface area contributed by atoms with Gasteiger partial charge in [0, 0.05) is 0 Å². The first-order valence-electron chi connectivity index (χ1n) is 6.85. The van der Waals surface area contributed by atoms with Crippen LogP contribution in [-0.2, 0) is 12.0 Å². The second-order valence-corrected chi connectivity index (χ2v) is 5.06. The zero-order valence-corrected chi connectivity index (χ0v) is 11.6. The largest absolute Gasteiger partial charge is 0.454 e. The van der Waals surface area contributed by atoms with Gasteiger partial charge in [0.15, 0.2) is 17.1 Å². The summed E-state index contributed by atoms with van der Waals surface area (Å²) < 4.78 is 10.6. The first-order chi connectivity index (χ1) is 10.2. The van der Waals surface area contributed by atoms with Gasteiger partial charge in [0.25, 0.3) is 0 Å². The Labute approximate surface area is 124 Å². The first-order valence-corrected chi connectivity index (χ1v) is 6.85. The Bertz CT molecular complexity index is 673. The van der Waals surface area contributed by atoms with Crippen molar-refractivity contribution in [3.05, 3.63) is 59.7 Å². The average molecular weight is 280 g/mol. The molecule has 0 bridgehead atoms. The Hall–Kier alpha value is -2.44. The van der Waals surface area contributed by atoms with E-state index < -0.39 is 5.60 Å². The zero-order valence-electron chi connectivity index (χ0n) is 11.6. The van der Waals surface area contributed by atoms with Crippen LogP contribution in [0.2, 0.25) is 0 Å². The molecular formula is C18H16O3. The summed E-state index contributed by atoms with van der Waals surface area (Å²) in [6, 6.07) is 15.1. The smallest absolute Gasteiger partial charge is 0.231 e. The third kappa shape index (κ3) is 2.72. The normalized spacial score (nSPS) is 15.2. The van der Waals surface area contributed by atoms with Gasteiger partial charge < -0.3 is 14.6 Å². The highest BCUT2D eigenvalue weighted by Gasteiger charge is 2.26. The van der Waals surface area contributed by atoms with Crippen LogP contribution in [0.25, 0.3) is 0 Å². The van der Waals surface area contributed by atoms with Crippen LogP contribution in [0.4, 0.5) is 0 Å². The lowest BCUT2D eigenvalue weighted by Crippen LogP contribution is -2.24. The summed E-state index contributed by atoms with van der Waals surface area (Å²) in [6.45, 7) is 0.261. The van der Waals surface area contributed by atoms with Gasteiger partial charge in [-0.1, -0.05) is 42.3 Å². The molecule has 1 N–H and O–H groups in total. The molecule has 3 heteroatoms. The SMILES string of the molecule is C#CC(O)(CCc1ccc2c(c1)OCO2)c1ccccc1. The number of terminal acetylenes is 1. The molecule has 1 heterocycles. The van der Waals surface area contributed by atoms with Crippen LogP contribution in [0.3, 0.4) is 0 Å². The molecule has 0 spiro atoms. The Morgan fingerprint density at radius 2 is 1.86 bits per heavy atom. The molecule has 0 saturated carbocycles. The van der Waals surface area contributed by atoms with E-state index in [1.54, 1.807) is 0 Å². The molecule has 2 aromatic carbocycles. The maximum atomic E-state index is 10.7. The Kier molecular flexibility index (Phi) is 3.55. The molecule has 106 valence electrons. The molecule has 0 aromatic heterocycles. The topological polar surface area (TPSA) is 38.7 Å². The molecule has 3 rings (SSSR count). The molecular weight excluding hydrogens is 264 g/mol. The molecule has 0 saturated heterocycles. The van der Waals surface area contributed by atoms with Crippen molar-refractivity contribution in [3.8, 4) is 23.8 Å². The number of ether oxygens (including phenoxy) is 2. The lowest BCUT2D eigenvalue weighted by atomic mass is 9.88. The van der Waals surface area contributed by atoms with Gasteiger partial charge in [-0.3, -0.25) is 0 Å². The molecule has 0 aliphatic carbocycles. The van der Waals surface area contributed by atoms with Gasteiger partial charge in [0.1, 0.15) is 0 Å². The summed E-state index contributed by atoms with van der Waals surface area (Å²) in [5, 5.41) is 10.7. The number of aliphatic hydroxyl groups is 1. The third-order valence-corrected chi connectivity index (χ3v) is 3.70. The van der Waals surface area contributed by atoms with E-state index in [9.17, 15) is 5.11 Å². The first kappa shape index (κ1) is 13.5. The summed E-state index contributed by atoms with van der Waals surface area (Å²) in [5.41, 5.74) is 0.551. The number of hydrogen-bond acceptors (Lipinski definition) is 3. The van der Waals surface area contributed by atoms with Crippen molar-refractivity contribution in [1.29, 1.82) is 0 Å². The van der Waals surface area contributed by atoms with Crippen LogP contribution in [0.5, 0.6) is 11.5 Å². The minimum Gasteiger partial charge on any atom is -0.454 e.